The minimum Gasteiger partial charge on any atom is -0.381 e. The Morgan fingerprint density at radius 1 is 1.15 bits per heavy atom. The van der Waals surface area contributed by atoms with E-state index < -0.39 is 0 Å². The number of fused-ring (bicyclic) bond motifs is 1. The van der Waals surface area contributed by atoms with Gasteiger partial charge in [-0.05, 0) is 57.1 Å². The van der Waals surface area contributed by atoms with Gasteiger partial charge in [0.05, 0.1) is 16.9 Å². The number of aromatic nitrogens is 4. The van der Waals surface area contributed by atoms with Crippen molar-refractivity contribution < 1.29 is 9.53 Å². The number of imidazole rings is 1. The number of benzene rings is 1. The lowest BCUT2D eigenvalue weighted by Gasteiger charge is -2.29. The van der Waals surface area contributed by atoms with E-state index in [0.29, 0.717) is 22.4 Å². The molecule has 0 spiro atoms. The molecule has 1 aromatic carbocycles. The van der Waals surface area contributed by atoms with Crippen molar-refractivity contribution in [3.8, 4) is 0 Å². The summed E-state index contributed by atoms with van der Waals surface area (Å²) in [5.41, 5.74) is 8.89. The van der Waals surface area contributed by atoms with E-state index in [1.54, 1.807) is 6.20 Å². The molecule has 1 amide bonds. The van der Waals surface area contributed by atoms with E-state index in [2.05, 4.69) is 20.2 Å². The van der Waals surface area contributed by atoms with Gasteiger partial charge in [-0.15, -0.1) is 0 Å². The van der Waals surface area contributed by atoms with Crippen LogP contribution in [-0.4, -0.2) is 44.7 Å². The SMILES string of the molecule is Cc1cccc(Cl)c1Nc1nc2cnc(NC3CCOCC3)nc2n1[C@H]1CC[C@H](C(N)=O)CC1. The van der Waals surface area contributed by atoms with Gasteiger partial charge >= 0.3 is 0 Å². The van der Waals surface area contributed by atoms with Crippen LogP contribution >= 0.6 is 11.6 Å². The summed E-state index contributed by atoms with van der Waals surface area (Å²) < 4.78 is 7.61. The number of halogens is 1. The summed E-state index contributed by atoms with van der Waals surface area (Å²) in [6.07, 6.45) is 6.77. The Hall–Kier alpha value is -2.91. The second-order valence-corrected chi connectivity index (χ2v) is 9.61. The fourth-order valence-electron chi connectivity index (χ4n) is 4.94. The second kappa shape index (κ2) is 9.76. The van der Waals surface area contributed by atoms with Crippen molar-refractivity contribution >= 4 is 46.3 Å². The number of nitrogens with one attached hydrogen (secondary N) is 2. The van der Waals surface area contributed by atoms with Crippen LogP contribution in [0.4, 0.5) is 17.6 Å². The Bertz CT molecular complexity index is 1160. The van der Waals surface area contributed by atoms with Gasteiger partial charge in [-0.25, -0.2) is 9.97 Å². The lowest BCUT2D eigenvalue weighted by Crippen LogP contribution is -2.29. The molecule has 34 heavy (non-hydrogen) atoms. The number of carbonyl (C=O) groups is 1. The van der Waals surface area contributed by atoms with Gasteiger partial charge in [-0.3, -0.25) is 9.36 Å². The van der Waals surface area contributed by atoms with Gasteiger partial charge in [0, 0.05) is 31.2 Å². The van der Waals surface area contributed by atoms with Gasteiger partial charge in [-0.1, -0.05) is 23.7 Å². The molecule has 2 fully saturated rings. The Morgan fingerprint density at radius 3 is 2.62 bits per heavy atom. The van der Waals surface area contributed by atoms with Crippen LogP contribution in [0.5, 0.6) is 0 Å². The third-order valence-corrected chi connectivity index (χ3v) is 7.23. The highest BCUT2D eigenvalue weighted by atomic mass is 35.5. The Balaban J connectivity index is 1.52. The molecule has 5 rings (SSSR count). The highest BCUT2D eigenvalue weighted by Gasteiger charge is 2.29. The van der Waals surface area contributed by atoms with E-state index >= 15 is 0 Å². The summed E-state index contributed by atoms with van der Waals surface area (Å²) in [7, 11) is 0. The number of hydrogen-bond donors (Lipinski definition) is 3. The summed E-state index contributed by atoms with van der Waals surface area (Å²) >= 11 is 6.50. The maximum atomic E-state index is 11.7. The molecule has 180 valence electrons. The zero-order valence-corrected chi connectivity index (χ0v) is 20.0. The first kappa shape index (κ1) is 22.9. The fourth-order valence-corrected chi connectivity index (χ4v) is 5.21. The van der Waals surface area contributed by atoms with Crippen LogP contribution in [0.3, 0.4) is 0 Å². The van der Waals surface area contributed by atoms with E-state index in [-0.39, 0.29) is 23.9 Å². The number of nitrogens with two attached hydrogens (primary N) is 1. The van der Waals surface area contributed by atoms with Crippen LogP contribution in [0, 0.1) is 12.8 Å². The van der Waals surface area contributed by atoms with Crippen LogP contribution in [0.25, 0.3) is 11.2 Å². The van der Waals surface area contributed by atoms with E-state index in [1.807, 2.05) is 25.1 Å². The molecule has 3 heterocycles. The summed E-state index contributed by atoms with van der Waals surface area (Å²) in [5.74, 6) is 0.968. The van der Waals surface area contributed by atoms with E-state index in [4.69, 9.17) is 32.0 Å². The average molecular weight is 484 g/mol. The van der Waals surface area contributed by atoms with Crippen LogP contribution in [0.1, 0.15) is 50.1 Å². The lowest BCUT2D eigenvalue weighted by atomic mass is 9.85. The number of carbonyl (C=O) groups excluding carboxylic acids is 1. The highest BCUT2D eigenvalue weighted by Crippen LogP contribution is 2.38. The number of primary amides is 1. The van der Waals surface area contributed by atoms with Crippen LogP contribution in [0.15, 0.2) is 24.4 Å². The molecule has 1 saturated carbocycles. The predicted octanol–water partition coefficient (Wildman–Crippen LogP) is 4.34. The normalized spacial score (nSPS) is 21.5. The molecule has 0 radical (unpaired) electrons. The minimum absolute atomic E-state index is 0.0753. The molecule has 10 heteroatoms. The number of rotatable bonds is 6. The topological polar surface area (TPSA) is 120 Å². The van der Waals surface area contributed by atoms with Crippen molar-refractivity contribution in [2.24, 2.45) is 11.7 Å². The van der Waals surface area contributed by atoms with Gasteiger partial charge in [0.25, 0.3) is 0 Å². The van der Waals surface area contributed by atoms with E-state index in [1.165, 1.54) is 0 Å². The van der Waals surface area contributed by atoms with Gasteiger partial charge in [0.1, 0.15) is 5.52 Å². The monoisotopic (exact) mass is 483 g/mol. The van der Waals surface area contributed by atoms with E-state index in [9.17, 15) is 4.79 Å². The quantitative estimate of drug-likeness (QED) is 0.477. The molecule has 0 bridgehead atoms. The molecule has 1 saturated heterocycles. The second-order valence-electron chi connectivity index (χ2n) is 9.20. The first-order valence-corrected chi connectivity index (χ1v) is 12.3. The van der Waals surface area contributed by atoms with E-state index in [0.717, 1.165) is 68.6 Å². The van der Waals surface area contributed by atoms with Gasteiger partial charge in [-0.2, -0.15) is 4.98 Å². The molecule has 2 aromatic heterocycles. The number of nitrogens with zero attached hydrogens (tertiary/aromatic N) is 4. The first-order chi connectivity index (χ1) is 16.5. The number of hydrogen-bond acceptors (Lipinski definition) is 7. The maximum absolute atomic E-state index is 11.7. The zero-order valence-electron chi connectivity index (χ0n) is 19.3. The molecule has 4 N–H and O–H groups in total. The number of ether oxygens (including phenoxy) is 1. The molecule has 1 aliphatic heterocycles. The van der Waals surface area contributed by atoms with Gasteiger partial charge < -0.3 is 21.1 Å². The molecular formula is C24H30ClN7O2. The number of anilines is 3. The molecule has 0 unspecified atom stereocenters. The first-order valence-electron chi connectivity index (χ1n) is 11.9. The highest BCUT2D eigenvalue weighted by molar-refractivity contribution is 6.33. The summed E-state index contributed by atoms with van der Waals surface area (Å²) in [6.45, 7) is 3.49. The zero-order chi connectivity index (χ0) is 23.7. The molecule has 9 nitrogen and oxygen atoms in total. The Labute approximate surface area is 203 Å². The predicted molar refractivity (Wildman–Crippen MR) is 132 cm³/mol. The van der Waals surface area contributed by atoms with Crippen molar-refractivity contribution in [1.29, 1.82) is 0 Å². The van der Waals surface area contributed by atoms with Crippen molar-refractivity contribution in [2.45, 2.75) is 57.5 Å². The third kappa shape index (κ3) is 4.67. The maximum Gasteiger partial charge on any atom is 0.224 e. The number of amides is 1. The summed E-state index contributed by atoms with van der Waals surface area (Å²) in [5, 5.41) is 7.54. The van der Waals surface area contributed by atoms with Crippen LogP contribution in [0.2, 0.25) is 5.02 Å². The fraction of sp³-hybridized carbons (Fsp3) is 0.500. The van der Waals surface area contributed by atoms with Crippen molar-refractivity contribution in [3.05, 3.63) is 35.0 Å². The smallest absolute Gasteiger partial charge is 0.224 e. The average Bonchev–Trinajstić information content (AvgIpc) is 3.19. The minimum atomic E-state index is -0.218. The number of aryl methyl sites for hydroxylation is 1. The Kier molecular flexibility index (Phi) is 6.56. The van der Waals surface area contributed by atoms with Crippen molar-refractivity contribution in [3.63, 3.8) is 0 Å². The van der Waals surface area contributed by atoms with Gasteiger partial charge in [0.2, 0.25) is 17.8 Å². The molecule has 1 aliphatic carbocycles. The molecular weight excluding hydrogens is 454 g/mol. The molecule has 3 aromatic rings. The Morgan fingerprint density at radius 2 is 1.91 bits per heavy atom. The molecule has 2 aliphatic rings. The standard InChI is InChI=1S/C24H30ClN7O2/c1-14-3-2-4-18(25)20(14)30-24-29-19-13-27-23(28-16-9-11-34-12-10-16)31-22(19)32(24)17-7-5-15(6-8-17)21(26)33/h2-4,13,15-17H,5-12H2,1H3,(H2,26,33)(H,29,30)(H,27,28,31)/t15-,17-. The van der Waals surface area contributed by atoms with Crippen molar-refractivity contribution in [2.75, 3.05) is 23.8 Å². The van der Waals surface area contributed by atoms with Crippen molar-refractivity contribution in [1.82, 2.24) is 19.5 Å². The number of para-hydroxylation sites is 1. The third-order valence-electron chi connectivity index (χ3n) is 6.91. The molecule has 0 atom stereocenters. The van der Waals surface area contributed by atoms with Gasteiger partial charge in [0.15, 0.2) is 5.65 Å². The van der Waals surface area contributed by atoms with Crippen LogP contribution < -0.4 is 16.4 Å². The largest absolute Gasteiger partial charge is 0.381 e. The van der Waals surface area contributed by atoms with Crippen LogP contribution in [-0.2, 0) is 9.53 Å². The summed E-state index contributed by atoms with van der Waals surface area (Å²) in [6, 6.07) is 6.22. The lowest BCUT2D eigenvalue weighted by molar-refractivity contribution is -0.122. The summed E-state index contributed by atoms with van der Waals surface area (Å²) in [4.78, 5) is 26.0.